The molecule has 5 rings (SSSR count). The minimum absolute atomic E-state index is 0.0649. The second-order valence-corrected chi connectivity index (χ2v) is 9.28. The molecule has 150 valence electrons. The molecule has 28 heavy (non-hydrogen) atoms. The smallest absolute Gasteiger partial charge is 0.198 e. The fourth-order valence-electron chi connectivity index (χ4n) is 6.17. The summed E-state index contributed by atoms with van der Waals surface area (Å²) < 4.78 is 5.70. The SMILES string of the molecule is CCC1CN=C2N(C1)C(N)=NC21c2cc(C)ccc2CC12CCC(OC)CC2. The van der Waals surface area contributed by atoms with Crippen molar-refractivity contribution in [3.8, 4) is 0 Å². The number of hydrogen-bond acceptors (Lipinski definition) is 5. The maximum atomic E-state index is 6.57. The molecule has 1 fully saturated rings. The fraction of sp³-hybridized carbons (Fsp3) is 0.652. The lowest BCUT2D eigenvalue weighted by atomic mass is 9.61. The third kappa shape index (κ3) is 2.28. The van der Waals surface area contributed by atoms with E-state index in [0.717, 1.165) is 57.5 Å². The van der Waals surface area contributed by atoms with Gasteiger partial charge >= 0.3 is 0 Å². The maximum absolute atomic E-state index is 6.57. The van der Waals surface area contributed by atoms with Gasteiger partial charge in [-0.05, 0) is 62.5 Å². The highest BCUT2D eigenvalue weighted by Gasteiger charge is 2.65. The number of benzene rings is 1. The molecule has 1 saturated carbocycles. The third-order valence-electron chi connectivity index (χ3n) is 7.83. The van der Waals surface area contributed by atoms with E-state index in [0.29, 0.717) is 18.0 Å². The molecule has 5 nitrogen and oxygen atoms in total. The summed E-state index contributed by atoms with van der Waals surface area (Å²) in [6.07, 6.45) is 6.96. The molecule has 0 radical (unpaired) electrons. The summed E-state index contributed by atoms with van der Waals surface area (Å²) in [5.74, 6) is 2.35. The van der Waals surface area contributed by atoms with Crippen LogP contribution in [0, 0.1) is 18.3 Å². The number of aliphatic imine (C=N–C) groups is 2. The van der Waals surface area contributed by atoms with Gasteiger partial charge in [0.2, 0.25) is 0 Å². The molecule has 0 bridgehead atoms. The van der Waals surface area contributed by atoms with Crippen molar-refractivity contribution in [2.24, 2.45) is 27.1 Å². The van der Waals surface area contributed by atoms with E-state index in [2.05, 4.69) is 36.9 Å². The van der Waals surface area contributed by atoms with Gasteiger partial charge in [-0.2, -0.15) is 0 Å². The van der Waals surface area contributed by atoms with Crippen LogP contribution in [0.5, 0.6) is 0 Å². The normalized spacial score (nSPS) is 36.5. The average molecular weight is 381 g/mol. The molecule has 2 unspecified atom stereocenters. The first kappa shape index (κ1) is 18.2. The number of ether oxygens (including phenoxy) is 1. The van der Waals surface area contributed by atoms with E-state index in [1.165, 1.54) is 16.7 Å². The molecule has 1 aromatic rings. The Labute approximate surface area is 168 Å². The predicted molar refractivity (Wildman–Crippen MR) is 113 cm³/mol. The number of hydrogen-bond donors (Lipinski definition) is 1. The zero-order chi connectivity index (χ0) is 19.5. The van der Waals surface area contributed by atoms with Gasteiger partial charge in [0.25, 0.3) is 0 Å². The minimum atomic E-state index is -0.407. The van der Waals surface area contributed by atoms with Crippen LogP contribution in [0.15, 0.2) is 28.2 Å². The van der Waals surface area contributed by atoms with Gasteiger partial charge in [0.1, 0.15) is 5.84 Å². The van der Waals surface area contributed by atoms with Crippen molar-refractivity contribution in [2.75, 3.05) is 20.2 Å². The van der Waals surface area contributed by atoms with Crippen molar-refractivity contribution < 1.29 is 4.74 Å². The Hall–Kier alpha value is -1.88. The van der Waals surface area contributed by atoms with Crippen LogP contribution in [0.2, 0.25) is 0 Å². The van der Waals surface area contributed by atoms with E-state index >= 15 is 0 Å². The monoisotopic (exact) mass is 380 g/mol. The van der Waals surface area contributed by atoms with Crippen LogP contribution in [-0.2, 0) is 16.7 Å². The molecule has 2 aliphatic carbocycles. The van der Waals surface area contributed by atoms with Crippen molar-refractivity contribution in [2.45, 2.75) is 64.0 Å². The second-order valence-electron chi connectivity index (χ2n) is 9.28. The van der Waals surface area contributed by atoms with Gasteiger partial charge in [-0.1, -0.05) is 30.7 Å². The summed E-state index contributed by atoms with van der Waals surface area (Å²) in [6, 6.07) is 6.90. The molecule has 2 aliphatic heterocycles. The predicted octanol–water partition coefficient (Wildman–Crippen LogP) is 3.39. The summed E-state index contributed by atoms with van der Waals surface area (Å²) in [5.41, 5.74) is 10.3. The number of fused-ring (bicyclic) bond motifs is 5. The number of nitrogens with two attached hydrogens (primary N) is 1. The first-order chi connectivity index (χ1) is 13.5. The highest BCUT2D eigenvalue weighted by Crippen LogP contribution is 2.62. The molecular weight excluding hydrogens is 348 g/mol. The molecule has 0 amide bonds. The first-order valence-electron chi connectivity index (χ1n) is 10.8. The van der Waals surface area contributed by atoms with Gasteiger partial charge in [-0.15, -0.1) is 0 Å². The average Bonchev–Trinajstić information content (AvgIpc) is 3.16. The zero-order valence-electron chi connectivity index (χ0n) is 17.4. The molecule has 4 aliphatic rings. The topological polar surface area (TPSA) is 63.2 Å². The van der Waals surface area contributed by atoms with Crippen LogP contribution in [0.3, 0.4) is 0 Å². The standard InChI is InChI=1S/C23H32N4O/c1-4-16-13-25-20-23(26-21(24)27(20)14-16)19-11-15(2)5-6-17(19)12-22(23)9-7-18(28-3)8-10-22/h5-6,11,16,18H,4,7-10,12-14H2,1-3H3,(H2,24,26). The van der Waals surface area contributed by atoms with Crippen LogP contribution in [0.1, 0.15) is 55.7 Å². The van der Waals surface area contributed by atoms with E-state index in [4.69, 9.17) is 20.5 Å². The number of guanidine groups is 1. The second kappa shape index (κ2) is 6.31. The molecule has 2 N–H and O–H groups in total. The van der Waals surface area contributed by atoms with Crippen LogP contribution in [0.25, 0.3) is 0 Å². The van der Waals surface area contributed by atoms with Gasteiger partial charge < -0.3 is 10.5 Å². The van der Waals surface area contributed by atoms with Crippen LogP contribution in [0.4, 0.5) is 0 Å². The molecule has 2 atom stereocenters. The Bertz CT molecular complexity index is 852. The highest BCUT2D eigenvalue weighted by atomic mass is 16.5. The Morgan fingerprint density at radius 1 is 1.29 bits per heavy atom. The molecular formula is C23H32N4O. The first-order valence-corrected chi connectivity index (χ1v) is 10.8. The summed E-state index contributed by atoms with van der Waals surface area (Å²) in [4.78, 5) is 12.7. The van der Waals surface area contributed by atoms with Crippen molar-refractivity contribution >= 4 is 11.8 Å². The van der Waals surface area contributed by atoms with Crippen molar-refractivity contribution in [3.05, 3.63) is 34.9 Å². The highest BCUT2D eigenvalue weighted by molar-refractivity contribution is 6.11. The summed E-state index contributed by atoms with van der Waals surface area (Å²) in [7, 11) is 1.84. The number of amidine groups is 1. The lowest BCUT2D eigenvalue weighted by Gasteiger charge is -2.47. The van der Waals surface area contributed by atoms with Crippen molar-refractivity contribution in [1.82, 2.24) is 4.90 Å². The van der Waals surface area contributed by atoms with E-state index in [1.807, 2.05) is 7.11 Å². The molecule has 0 saturated heterocycles. The van der Waals surface area contributed by atoms with E-state index in [1.54, 1.807) is 0 Å². The Morgan fingerprint density at radius 3 is 2.79 bits per heavy atom. The summed E-state index contributed by atoms with van der Waals surface area (Å²) in [5, 5.41) is 0. The van der Waals surface area contributed by atoms with Crippen LogP contribution >= 0.6 is 0 Å². The minimum Gasteiger partial charge on any atom is -0.381 e. The summed E-state index contributed by atoms with van der Waals surface area (Å²) >= 11 is 0. The summed E-state index contributed by atoms with van der Waals surface area (Å²) in [6.45, 7) is 6.26. The number of methoxy groups -OCH3 is 1. The third-order valence-corrected chi connectivity index (χ3v) is 7.83. The number of rotatable bonds is 2. The van der Waals surface area contributed by atoms with E-state index in [-0.39, 0.29) is 5.41 Å². The number of aryl methyl sites for hydroxylation is 1. The lowest BCUT2D eigenvalue weighted by Crippen LogP contribution is -2.54. The van der Waals surface area contributed by atoms with E-state index < -0.39 is 5.54 Å². The maximum Gasteiger partial charge on any atom is 0.198 e. The van der Waals surface area contributed by atoms with Crippen LogP contribution < -0.4 is 5.73 Å². The van der Waals surface area contributed by atoms with Gasteiger partial charge in [0.15, 0.2) is 11.5 Å². The largest absolute Gasteiger partial charge is 0.381 e. The quantitative estimate of drug-likeness (QED) is 0.855. The van der Waals surface area contributed by atoms with E-state index in [9.17, 15) is 0 Å². The fourth-order valence-corrected chi connectivity index (χ4v) is 6.17. The molecule has 2 spiro atoms. The number of nitrogens with zero attached hydrogens (tertiary/aromatic N) is 3. The van der Waals surface area contributed by atoms with Gasteiger partial charge in [0, 0.05) is 25.6 Å². The zero-order valence-corrected chi connectivity index (χ0v) is 17.4. The molecule has 0 aromatic heterocycles. The Kier molecular flexibility index (Phi) is 4.10. The lowest BCUT2D eigenvalue weighted by molar-refractivity contribution is 0.0112. The van der Waals surface area contributed by atoms with Gasteiger partial charge in [-0.3, -0.25) is 9.89 Å². The van der Waals surface area contributed by atoms with Gasteiger partial charge in [-0.25, -0.2) is 4.99 Å². The van der Waals surface area contributed by atoms with Crippen LogP contribution in [-0.4, -0.2) is 43.0 Å². The Balaban J connectivity index is 1.68. The van der Waals surface area contributed by atoms with Gasteiger partial charge in [0.05, 0.1) is 6.10 Å². The molecule has 2 heterocycles. The van der Waals surface area contributed by atoms with Crippen molar-refractivity contribution in [1.29, 1.82) is 0 Å². The Morgan fingerprint density at radius 2 is 2.07 bits per heavy atom. The molecule has 1 aromatic carbocycles. The van der Waals surface area contributed by atoms with Crippen molar-refractivity contribution in [3.63, 3.8) is 0 Å². The molecule has 5 heteroatoms.